The zero-order valence-corrected chi connectivity index (χ0v) is 12.6. The first-order valence-corrected chi connectivity index (χ1v) is 7.29. The summed E-state index contributed by atoms with van der Waals surface area (Å²) < 4.78 is 14.0. The smallest absolute Gasteiger partial charge is 0.224 e. The van der Waals surface area contributed by atoms with Crippen LogP contribution in [0.15, 0.2) is 6.20 Å². The predicted octanol–water partition coefficient (Wildman–Crippen LogP) is 1.97. The lowest BCUT2D eigenvalue weighted by atomic mass is 10.1. The SMILES string of the molecule is CCCNc1ncc(F)c(N2CCCC(N(C)C)C2)n1. The molecule has 0 radical (unpaired) electrons. The van der Waals surface area contributed by atoms with E-state index in [9.17, 15) is 4.39 Å². The first kappa shape index (κ1) is 15.0. The quantitative estimate of drug-likeness (QED) is 0.894. The number of nitrogens with zero attached hydrogens (tertiary/aromatic N) is 4. The van der Waals surface area contributed by atoms with Crippen molar-refractivity contribution in [3.8, 4) is 0 Å². The molecule has 1 fully saturated rings. The number of piperidine rings is 1. The number of rotatable bonds is 5. The molecule has 0 aliphatic carbocycles. The van der Waals surface area contributed by atoms with Crippen molar-refractivity contribution in [2.75, 3.05) is 43.9 Å². The normalized spacial score (nSPS) is 19.4. The molecule has 0 aromatic carbocycles. The maximum Gasteiger partial charge on any atom is 0.224 e. The van der Waals surface area contributed by atoms with Crippen molar-refractivity contribution >= 4 is 11.8 Å². The van der Waals surface area contributed by atoms with Gasteiger partial charge in [0.05, 0.1) is 6.20 Å². The fourth-order valence-corrected chi connectivity index (χ4v) is 2.47. The molecular formula is C14H24FN5. The summed E-state index contributed by atoms with van der Waals surface area (Å²) in [5.74, 6) is 0.590. The molecule has 6 heteroatoms. The van der Waals surface area contributed by atoms with Gasteiger partial charge >= 0.3 is 0 Å². The van der Waals surface area contributed by atoms with E-state index in [4.69, 9.17) is 0 Å². The molecule has 2 rings (SSSR count). The van der Waals surface area contributed by atoms with E-state index in [0.717, 1.165) is 38.9 Å². The van der Waals surface area contributed by atoms with E-state index in [-0.39, 0.29) is 5.82 Å². The van der Waals surface area contributed by atoms with E-state index in [2.05, 4.69) is 41.2 Å². The molecule has 1 aliphatic heterocycles. The highest BCUT2D eigenvalue weighted by Gasteiger charge is 2.24. The summed E-state index contributed by atoms with van der Waals surface area (Å²) in [6, 6.07) is 0.449. The average molecular weight is 281 g/mol. The zero-order valence-electron chi connectivity index (χ0n) is 12.6. The average Bonchev–Trinajstić information content (AvgIpc) is 2.46. The minimum absolute atomic E-state index is 0.341. The van der Waals surface area contributed by atoms with Gasteiger partial charge in [-0.1, -0.05) is 6.92 Å². The third kappa shape index (κ3) is 3.56. The van der Waals surface area contributed by atoms with Crippen LogP contribution in [0.2, 0.25) is 0 Å². The first-order chi connectivity index (χ1) is 9.61. The molecule has 1 atom stereocenters. The van der Waals surface area contributed by atoms with E-state index < -0.39 is 0 Å². The molecule has 2 heterocycles. The summed E-state index contributed by atoms with van der Waals surface area (Å²) >= 11 is 0. The van der Waals surface area contributed by atoms with Crippen LogP contribution in [0, 0.1) is 5.82 Å². The lowest BCUT2D eigenvalue weighted by molar-refractivity contribution is 0.257. The molecule has 0 spiro atoms. The number of nitrogens with one attached hydrogen (secondary N) is 1. The molecule has 0 saturated carbocycles. The lowest BCUT2D eigenvalue weighted by Crippen LogP contribution is -2.45. The van der Waals surface area contributed by atoms with Crippen molar-refractivity contribution in [3.05, 3.63) is 12.0 Å². The van der Waals surface area contributed by atoms with Crippen molar-refractivity contribution in [1.82, 2.24) is 14.9 Å². The molecule has 1 unspecified atom stereocenters. The minimum Gasteiger partial charge on any atom is -0.354 e. The first-order valence-electron chi connectivity index (χ1n) is 7.29. The third-order valence-corrected chi connectivity index (χ3v) is 3.69. The van der Waals surface area contributed by atoms with Gasteiger partial charge < -0.3 is 15.1 Å². The Morgan fingerprint density at radius 3 is 3.00 bits per heavy atom. The van der Waals surface area contributed by atoms with Gasteiger partial charge in [-0.2, -0.15) is 4.98 Å². The predicted molar refractivity (Wildman–Crippen MR) is 79.7 cm³/mol. The fourth-order valence-electron chi connectivity index (χ4n) is 2.47. The van der Waals surface area contributed by atoms with Gasteiger partial charge in [0.1, 0.15) is 0 Å². The number of anilines is 2. The zero-order chi connectivity index (χ0) is 14.5. The van der Waals surface area contributed by atoms with Gasteiger partial charge in [-0.05, 0) is 33.4 Å². The van der Waals surface area contributed by atoms with Gasteiger partial charge in [0, 0.05) is 25.7 Å². The van der Waals surface area contributed by atoms with Crippen molar-refractivity contribution < 1.29 is 4.39 Å². The van der Waals surface area contributed by atoms with E-state index >= 15 is 0 Å². The standard InChI is InChI=1S/C14H24FN5/c1-4-7-16-14-17-9-12(15)13(18-14)20-8-5-6-11(10-20)19(2)3/h9,11H,4-8,10H2,1-3H3,(H,16,17,18). The highest BCUT2D eigenvalue weighted by atomic mass is 19.1. The Morgan fingerprint density at radius 1 is 1.50 bits per heavy atom. The topological polar surface area (TPSA) is 44.3 Å². The number of hydrogen-bond acceptors (Lipinski definition) is 5. The Morgan fingerprint density at radius 2 is 2.30 bits per heavy atom. The van der Waals surface area contributed by atoms with E-state index in [1.807, 2.05) is 4.90 Å². The van der Waals surface area contributed by atoms with Gasteiger partial charge in [0.15, 0.2) is 11.6 Å². The van der Waals surface area contributed by atoms with Gasteiger partial charge in [0.25, 0.3) is 0 Å². The summed E-state index contributed by atoms with van der Waals surface area (Å²) in [5, 5.41) is 3.11. The second-order valence-electron chi connectivity index (χ2n) is 5.50. The third-order valence-electron chi connectivity index (χ3n) is 3.69. The van der Waals surface area contributed by atoms with E-state index in [1.54, 1.807) is 0 Å². The van der Waals surface area contributed by atoms with E-state index in [1.165, 1.54) is 6.20 Å². The van der Waals surface area contributed by atoms with Crippen LogP contribution in [0.4, 0.5) is 16.2 Å². The van der Waals surface area contributed by atoms with Gasteiger partial charge in [0.2, 0.25) is 5.95 Å². The highest BCUT2D eigenvalue weighted by molar-refractivity contribution is 5.44. The molecule has 1 aromatic rings. The van der Waals surface area contributed by atoms with Crippen LogP contribution in [0.3, 0.4) is 0 Å². The molecule has 1 saturated heterocycles. The largest absolute Gasteiger partial charge is 0.354 e. The number of halogens is 1. The molecule has 1 N–H and O–H groups in total. The summed E-state index contributed by atoms with van der Waals surface area (Å²) in [6.07, 6.45) is 4.46. The van der Waals surface area contributed by atoms with Crippen LogP contribution in [0.1, 0.15) is 26.2 Å². The van der Waals surface area contributed by atoms with Crippen molar-refractivity contribution in [1.29, 1.82) is 0 Å². The monoisotopic (exact) mass is 281 g/mol. The van der Waals surface area contributed by atoms with Crippen LogP contribution in [-0.4, -0.2) is 54.6 Å². The lowest BCUT2D eigenvalue weighted by Gasteiger charge is -2.36. The summed E-state index contributed by atoms with van der Waals surface area (Å²) in [5.41, 5.74) is 0. The number of hydrogen-bond donors (Lipinski definition) is 1. The Bertz CT molecular complexity index is 438. The van der Waals surface area contributed by atoms with Crippen LogP contribution in [0.5, 0.6) is 0 Å². The second kappa shape index (κ2) is 6.83. The molecule has 20 heavy (non-hydrogen) atoms. The maximum atomic E-state index is 14.0. The second-order valence-corrected chi connectivity index (χ2v) is 5.50. The summed E-state index contributed by atoms with van der Waals surface area (Å²) in [4.78, 5) is 12.6. The van der Waals surface area contributed by atoms with Crippen LogP contribution >= 0.6 is 0 Å². The van der Waals surface area contributed by atoms with Gasteiger partial charge in [-0.25, -0.2) is 9.37 Å². The Kier molecular flexibility index (Phi) is 5.11. The minimum atomic E-state index is -0.341. The summed E-state index contributed by atoms with van der Waals surface area (Å²) in [6.45, 7) is 4.54. The number of likely N-dealkylation sites (N-methyl/N-ethyl adjacent to an activating group) is 1. The Labute approximate surface area is 120 Å². The number of aromatic nitrogens is 2. The van der Waals surface area contributed by atoms with Gasteiger partial charge in [-0.15, -0.1) is 0 Å². The molecular weight excluding hydrogens is 257 g/mol. The molecule has 0 amide bonds. The maximum absolute atomic E-state index is 14.0. The molecule has 1 aliphatic rings. The fraction of sp³-hybridized carbons (Fsp3) is 0.714. The highest BCUT2D eigenvalue weighted by Crippen LogP contribution is 2.23. The van der Waals surface area contributed by atoms with Crippen LogP contribution in [0.25, 0.3) is 0 Å². The Balaban J connectivity index is 2.13. The van der Waals surface area contributed by atoms with Crippen molar-refractivity contribution in [2.45, 2.75) is 32.2 Å². The van der Waals surface area contributed by atoms with Crippen molar-refractivity contribution in [3.63, 3.8) is 0 Å². The Hall–Kier alpha value is -1.43. The van der Waals surface area contributed by atoms with Gasteiger partial charge in [-0.3, -0.25) is 0 Å². The molecule has 112 valence electrons. The summed E-state index contributed by atoms with van der Waals surface area (Å²) in [7, 11) is 4.14. The van der Waals surface area contributed by atoms with Crippen LogP contribution < -0.4 is 10.2 Å². The van der Waals surface area contributed by atoms with Crippen molar-refractivity contribution in [2.24, 2.45) is 0 Å². The molecule has 1 aromatic heterocycles. The van der Waals surface area contributed by atoms with Crippen LogP contribution in [-0.2, 0) is 0 Å². The molecule has 5 nitrogen and oxygen atoms in total. The van der Waals surface area contributed by atoms with E-state index in [0.29, 0.717) is 17.8 Å². The molecule has 0 bridgehead atoms.